The number of hydrogen-bond acceptors (Lipinski definition) is 2. The Morgan fingerprint density at radius 2 is 1.79 bits per heavy atom. The predicted octanol–water partition coefficient (Wildman–Crippen LogP) is 3.56. The van der Waals surface area contributed by atoms with E-state index in [-0.39, 0.29) is 0 Å². The molecule has 1 spiro atoms. The molecule has 1 N–H and O–H groups in total. The van der Waals surface area contributed by atoms with Crippen LogP contribution in [-0.2, 0) is 0 Å². The van der Waals surface area contributed by atoms with Crippen LogP contribution in [-0.4, -0.2) is 36.6 Å². The van der Waals surface area contributed by atoms with Gasteiger partial charge in [-0.2, -0.15) is 0 Å². The first-order valence-electron chi connectivity index (χ1n) is 8.75. The fraction of sp³-hybridized carbons (Fsp3) is 1.00. The zero-order valence-corrected chi connectivity index (χ0v) is 12.8. The monoisotopic (exact) mass is 264 g/mol. The summed E-state index contributed by atoms with van der Waals surface area (Å²) in [5.41, 5.74) is 0.781. The van der Waals surface area contributed by atoms with Crippen molar-refractivity contribution in [2.24, 2.45) is 5.41 Å². The summed E-state index contributed by atoms with van der Waals surface area (Å²) in [4.78, 5) is 2.76. The van der Waals surface area contributed by atoms with E-state index in [9.17, 15) is 0 Å². The molecule has 1 unspecified atom stereocenters. The molecule has 2 nitrogen and oxygen atoms in total. The molecule has 0 bridgehead atoms. The zero-order chi connectivity index (χ0) is 13.1. The summed E-state index contributed by atoms with van der Waals surface area (Å²) in [5, 5.41) is 3.64. The molecule has 2 aliphatic carbocycles. The minimum atomic E-state index is 0.781. The summed E-state index contributed by atoms with van der Waals surface area (Å²) in [7, 11) is 0. The van der Waals surface area contributed by atoms with E-state index in [4.69, 9.17) is 0 Å². The molecule has 110 valence electrons. The molecule has 3 fully saturated rings. The van der Waals surface area contributed by atoms with E-state index in [1.165, 1.54) is 83.8 Å². The topological polar surface area (TPSA) is 15.3 Å². The third kappa shape index (κ3) is 3.72. The first kappa shape index (κ1) is 13.9. The Kier molecular flexibility index (Phi) is 4.48. The Hall–Kier alpha value is -0.0800. The highest BCUT2D eigenvalue weighted by Crippen LogP contribution is 2.46. The van der Waals surface area contributed by atoms with Crippen molar-refractivity contribution in [3.05, 3.63) is 0 Å². The van der Waals surface area contributed by atoms with E-state index >= 15 is 0 Å². The van der Waals surface area contributed by atoms with Gasteiger partial charge in [-0.05, 0) is 83.3 Å². The molecule has 2 heteroatoms. The van der Waals surface area contributed by atoms with Crippen LogP contribution in [0.1, 0.15) is 71.1 Å². The Morgan fingerprint density at radius 1 is 1.11 bits per heavy atom. The lowest BCUT2D eigenvalue weighted by Gasteiger charge is -2.42. The van der Waals surface area contributed by atoms with Crippen molar-refractivity contribution in [3.8, 4) is 0 Å². The summed E-state index contributed by atoms with van der Waals surface area (Å²) in [6.07, 6.45) is 14.6. The summed E-state index contributed by atoms with van der Waals surface area (Å²) in [5.74, 6) is 0. The normalized spacial score (nSPS) is 28.9. The summed E-state index contributed by atoms with van der Waals surface area (Å²) >= 11 is 0. The molecular weight excluding hydrogens is 232 g/mol. The maximum absolute atomic E-state index is 3.64. The molecule has 0 aromatic heterocycles. The standard InChI is InChI=1S/C17H32N2/c1-15(5-4-12-18-16-6-7-16)19-13-10-17(11-14-19)8-2-3-9-17/h15-16,18H,2-14H2,1H3. The van der Waals surface area contributed by atoms with Crippen molar-refractivity contribution in [2.75, 3.05) is 19.6 Å². The number of hydrogen-bond donors (Lipinski definition) is 1. The van der Waals surface area contributed by atoms with Crippen molar-refractivity contribution in [1.29, 1.82) is 0 Å². The van der Waals surface area contributed by atoms with Crippen molar-refractivity contribution >= 4 is 0 Å². The second-order valence-corrected chi connectivity index (χ2v) is 7.46. The van der Waals surface area contributed by atoms with Gasteiger partial charge in [-0.3, -0.25) is 0 Å². The molecule has 1 aliphatic heterocycles. The van der Waals surface area contributed by atoms with Gasteiger partial charge in [-0.15, -0.1) is 0 Å². The smallest absolute Gasteiger partial charge is 0.00682 e. The molecule has 19 heavy (non-hydrogen) atoms. The van der Waals surface area contributed by atoms with E-state index in [2.05, 4.69) is 17.1 Å². The van der Waals surface area contributed by atoms with Gasteiger partial charge in [0.2, 0.25) is 0 Å². The molecule has 0 radical (unpaired) electrons. The fourth-order valence-electron chi connectivity index (χ4n) is 4.24. The number of rotatable bonds is 6. The Morgan fingerprint density at radius 3 is 2.42 bits per heavy atom. The van der Waals surface area contributed by atoms with Crippen LogP contribution < -0.4 is 5.32 Å². The first-order chi connectivity index (χ1) is 9.27. The SMILES string of the molecule is CC(CCCNC1CC1)N1CCC2(CCCC2)CC1. The van der Waals surface area contributed by atoms with E-state index in [1.807, 2.05) is 0 Å². The molecular formula is C17H32N2. The molecule has 3 rings (SSSR count). The summed E-state index contributed by atoms with van der Waals surface area (Å²) in [6, 6.07) is 1.69. The second-order valence-electron chi connectivity index (χ2n) is 7.46. The van der Waals surface area contributed by atoms with E-state index in [1.54, 1.807) is 0 Å². The van der Waals surface area contributed by atoms with Gasteiger partial charge in [0.1, 0.15) is 0 Å². The van der Waals surface area contributed by atoms with Crippen LogP contribution in [0.5, 0.6) is 0 Å². The third-order valence-corrected chi connectivity index (χ3v) is 5.96. The van der Waals surface area contributed by atoms with Gasteiger partial charge >= 0.3 is 0 Å². The quantitative estimate of drug-likeness (QED) is 0.738. The van der Waals surface area contributed by atoms with E-state index in [0.29, 0.717) is 0 Å². The van der Waals surface area contributed by atoms with Crippen molar-refractivity contribution in [2.45, 2.75) is 83.2 Å². The van der Waals surface area contributed by atoms with Crippen molar-refractivity contribution in [3.63, 3.8) is 0 Å². The fourth-order valence-corrected chi connectivity index (χ4v) is 4.24. The molecule has 0 amide bonds. The molecule has 0 aromatic rings. The van der Waals surface area contributed by atoms with Gasteiger partial charge in [0, 0.05) is 12.1 Å². The van der Waals surface area contributed by atoms with Crippen LogP contribution in [0.15, 0.2) is 0 Å². The van der Waals surface area contributed by atoms with Gasteiger partial charge in [0.05, 0.1) is 0 Å². The number of likely N-dealkylation sites (tertiary alicyclic amines) is 1. The highest BCUT2D eigenvalue weighted by Gasteiger charge is 2.37. The number of nitrogens with zero attached hydrogens (tertiary/aromatic N) is 1. The highest BCUT2D eigenvalue weighted by molar-refractivity contribution is 4.90. The lowest BCUT2D eigenvalue weighted by atomic mass is 9.77. The van der Waals surface area contributed by atoms with Crippen LogP contribution in [0.25, 0.3) is 0 Å². The Bertz CT molecular complexity index is 269. The largest absolute Gasteiger partial charge is 0.314 e. The number of nitrogens with one attached hydrogen (secondary N) is 1. The van der Waals surface area contributed by atoms with Crippen molar-refractivity contribution in [1.82, 2.24) is 10.2 Å². The van der Waals surface area contributed by atoms with Crippen LogP contribution in [0, 0.1) is 5.41 Å². The molecule has 2 saturated carbocycles. The summed E-state index contributed by atoms with van der Waals surface area (Å²) < 4.78 is 0. The van der Waals surface area contributed by atoms with Crippen LogP contribution in [0.4, 0.5) is 0 Å². The van der Waals surface area contributed by atoms with Gasteiger partial charge in [0.15, 0.2) is 0 Å². The lowest BCUT2D eigenvalue weighted by molar-refractivity contribution is 0.0779. The Labute approximate surface area is 119 Å². The molecule has 1 saturated heterocycles. The lowest BCUT2D eigenvalue weighted by Crippen LogP contribution is -2.43. The Balaban J connectivity index is 1.33. The first-order valence-corrected chi connectivity index (χ1v) is 8.75. The van der Waals surface area contributed by atoms with Gasteiger partial charge < -0.3 is 10.2 Å². The van der Waals surface area contributed by atoms with Crippen LogP contribution in [0.3, 0.4) is 0 Å². The molecule has 3 aliphatic rings. The molecule has 1 heterocycles. The minimum absolute atomic E-state index is 0.781. The maximum atomic E-state index is 3.64. The average molecular weight is 264 g/mol. The second kappa shape index (κ2) is 6.13. The number of piperidine rings is 1. The summed E-state index contributed by atoms with van der Waals surface area (Å²) in [6.45, 7) is 6.44. The molecule has 1 atom stereocenters. The van der Waals surface area contributed by atoms with E-state index in [0.717, 1.165) is 17.5 Å². The van der Waals surface area contributed by atoms with Gasteiger partial charge in [0.25, 0.3) is 0 Å². The predicted molar refractivity (Wildman–Crippen MR) is 81.4 cm³/mol. The van der Waals surface area contributed by atoms with Gasteiger partial charge in [-0.1, -0.05) is 12.8 Å². The highest BCUT2D eigenvalue weighted by atomic mass is 15.2. The average Bonchev–Trinajstić information content (AvgIpc) is 3.16. The third-order valence-electron chi connectivity index (χ3n) is 5.96. The molecule has 0 aromatic carbocycles. The van der Waals surface area contributed by atoms with Gasteiger partial charge in [-0.25, -0.2) is 0 Å². The van der Waals surface area contributed by atoms with Crippen LogP contribution >= 0.6 is 0 Å². The maximum Gasteiger partial charge on any atom is 0.00682 e. The van der Waals surface area contributed by atoms with Crippen LogP contribution in [0.2, 0.25) is 0 Å². The minimum Gasteiger partial charge on any atom is -0.314 e. The zero-order valence-electron chi connectivity index (χ0n) is 12.8. The van der Waals surface area contributed by atoms with Crippen molar-refractivity contribution < 1.29 is 0 Å². The van der Waals surface area contributed by atoms with E-state index < -0.39 is 0 Å².